The van der Waals surface area contributed by atoms with Crippen molar-refractivity contribution in [3.8, 4) is 0 Å². The van der Waals surface area contributed by atoms with E-state index in [2.05, 4.69) is 5.32 Å². The van der Waals surface area contributed by atoms with Crippen molar-refractivity contribution < 1.29 is 9.90 Å². The number of aliphatic carboxylic acids is 1. The lowest BCUT2D eigenvalue weighted by molar-refractivity contribution is -0.146. The van der Waals surface area contributed by atoms with Gasteiger partial charge in [-0.15, -0.1) is 0 Å². The van der Waals surface area contributed by atoms with Crippen LogP contribution in [0.25, 0.3) is 0 Å². The Morgan fingerprint density at radius 2 is 1.94 bits per heavy atom. The summed E-state index contributed by atoms with van der Waals surface area (Å²) in [6, 6.07) is 0.483. The molecule has 0 aromatic rings. The predicted octanol–water partition coefficient (Wildman–Crippen LogP) is 2.41. The molecule has 3 heteroatoms. The van der Waals surface area contributed by atoms with Crippen LogP contribution in [0.3, 0.4) is 0 Å². The van der Waals surface area contributed by atoms with Crippen LogP contribution in [0.2, 0.25) is 0 Å². The third-order valence-corrected chi connectivity index (χ3v) is 5.30. The SMILES string of the molecule is O=C(O)[C@H]1CN[C@H](CC2CC2)C12CCCCC2. The number of rotatable bonds is 3. The highest BCUT2D eigenvalue weighted by Crippen LogP contribution is 2.51. The molecule has 2 atom stereocenters. The molecule has 0 bridgehead atoms. The maximum Gasteiger partial charge on any atom is 0.308 e. The molecule has 17 heavy (non-hydrogen) atoms. The van der Waals surface area contributed by atoms with Gasteiger partial charge in [-0.25, -0.2) is 0 Å². The van der Waals surface area contributed by atoms with Gasteiger partial charge in [-0.05, 0) is 25.2 Å². The summed E-state index contributed by atoms with van der Waals surface area (Å²) in [5, 5.41) is 13.0. The zero-order valence-electron chi connectivity index (χ0n) is 10.5. The maximum atomic E-state index is 11.5. The molecular weight excluding hydrogens is 214 g/mol. The van der Waals surface area contributed by atoms with Gasteiger partial charge in [0.25, 0.3) is 0 Å². The van der Waals surface area contributed by atoms with Crippen LogP contribution in [0.5, 0.6) is 0 Å². The summed E-state index contributed by atoms with van der Waals surface area (Å²) < 4.78 is 0. The van der Waals surface area contributed by atoms with E-state index in [-0.39, 0.29) is 11.3 Å². The minimum atomic E-state index is -0.572. The molecule has 0 unspecified atom stereocenters. The van der Waals surface area contributed by atoms with Crippen molar-refractivity contribution in [2.45, 2.75) is 57.4 Å². The summed E-state index contributed by atoms with van der Waals surface area (Å²) in [4.78, 5) is 11.5. The molecule has 0 aromatic heterocycles. The van der Waals surface area contributed by atoms with Crippen LogP contribution in [-0.2, 0) is 4.79 Å². The molecule has 1 saturated heterocycles. The van der Waals surface area contributed by atoms with Crippen molar-refractivity contribution in [3.63, 3.8) is 0 Å². The average molecular weight is 237 g/mol. The van der Waals surface area contributed by atoms with Crippen molar-refractivity contribution >= 4 is 5.97 Å². The molecule has 0 aromatic carbocycles. The first-order chi connectivity index (χ1) is 8.22. The maximum absolute atomic E-state index is 11.5. The van der Waals surface area contributed by atoms with E-state index < -0.39 is 5.97 Å². The molecule has 3 aliphatic rings. The van der Waals surface area contributed by atoms with Crippen molar-refractivity contribution in [2.75, 3.05) is 6.54 Å². The van der Waals surface area contributed by atoms with Gasteiger partial charge in [0.15, 0.2) is 0 Å². The van der Waals surface area contributed by atoms with Gasteiger partial charge in [-0.1, -0.05) is 32.1 Å². The number of nitrogens with one attached hydrogen (secondary N) is 1. The fourth-order valence-electron chi connectivity index (χ4n) is 4.15. The molecule has 0 radical (unpaired) electrons. The van der Waals surface area contributed by atoms with Gasteiger partial charge in [0.05, 0.1) is 5.92 Å². The molecule has 2 N–H and O–H groups in total. The molecule has 1 aliphatic heterocycles. The largest absolute Gasteiger partial charge is 0.481 e. The zero-order chi connectivity index (χ0) is 11.9. The molecule has 2 saturated carbocycles. The smallest absolute Gasteiger partial charge is 0.308 e. The fourth-order valence-corrected chi connectivity index (χ4v) is 4.15. The lowest BCUT2D eigenvalue weighted by atomic mass is 9.63. The van der Waals surface area contributed by atoms with E-state index in [1.807, 2.05) is 0 Å². The fraction of sp³-hybridized carbons (Fsp3) is 0.929. The summed E-state index contributed by atoms with van der Waals surface area (Å²) in [7, 11) is 0. The average Bonchev–Trinajstić information content (AvgIpc) is 3.06. The Morgan fingerprint density at radius 1 is 1.24 bits per heavy atom. The Bertz CT molecular complexity index is 305. The molecule has 1 spiro atoms. The first-order valence-corrected chi connectivity index (χ1v) is 7.18. The predicted molar refractivity (Wildman–Crippen MR) is 65.8 cm³/mol. The first-order valence-electron chi connectivity index (χ1n) is 7.18. The van der Waals surface area contributed by atoms with Gasteiger partial charge in [0.2, 0.25) is 0 Å². The topological polar surface area (TPSA) is 49.3 Å². The Kier molecular flexibility index (Phi) is 2.89. The molecule has 3 rings (SSSR count). The van der Waals surface area contributed by atoms with Crippen LogP contribution in [0, 0.1) is 17.3 Å². The van der Waals surface area contributed by atoms with E-state index in [4.69, 9.17) is 0 Å². The van der Waals surface area contributed by atoms with Crippen molar-refractivity contribution in [1.29, 1.82) is 0 Å². The van der Waals surface area contributed by atoms with Crippen LogP contribution in [-0.4, -0.2) is 23.7 Å². The van der Waals surface area contributed by atoms with Gasteiger partial charge in [-0.3, -0.25) is 4.79 Å². The molecule has 96 valence electrons. The highest BCUT2D eigenvalue weighted by Gasteiger charge is 2.53. The second kappa shape index (κ2) is 4.27. The first kappa shape index (κ1) is 11.5. The van der Waals surface area contributed by atoms with E-state index in [1.54, 1.807) is 0 Å². The number of carboxylic acid groups (broad SMARTS) is 1. The standard InChI is InChI=1S/C14H23NO2/c16-13(17)11-9-15-12(8-10-4-5-10)14(11)6-2-1-3-7-14/h10-12,15H,1-9H2,(H,16,17)/t11-,12-/m1/s1. The summed E-state index contributed by atoms with van der Waals surface area (Å²) in [5.41, 5.74) is 0.0900. The lowest BCUT2D eigenvalue weighted by Gasteiger charge is -2.41. The summed E-state index contributed by atoms with van der Waals surface area (Å²) in [5.74, 6) is 0.183. The molecule has 1 heterocycles. The van der Waals surface area contributed by atoms with Gasteiger partial charge in [0, 0.05) is 18.0 Å². The molecule has 3 fully saturated rings. The van der Waals surface area contributed by atoms with Crippen molar-refractivity contribution in [2.24, 2.45) is 17.3 Å². The number of hydrogen-bond donors (Lipinski definition) is 2. The van der Waals surface area contributed by atoms with Gasteiger partial charge in [-0.2, -0.15) is 0 Å². The zero-order valence-corrected chi connectivity index (χ0v) is 10.5. The highest BCUT2D eigenvalue weighted by molar-refractivity contribution is 5.72. The molecule has 0 amide bonds. The Balaban J connectivity index is 1.80. The highest BCUT2D eigenvalue weighted by atomic mass is 16.4. The van der Waals surface area contributed by atoms with E-state index in [0.717, 1.165) is 18.8 Å². The van der Waals surface area contributed by atoms with Gasteiger partial charge < -0.3 is 10.4 Å². The summed E-state index contributed by atoms with van der Waals surface area (Å²) >= 11 is 0. The van der Waals surface area contributed by atoms with Gasteiger partial charge >= 0.3 is 5.97 Å². The van der Waals surface area contributed by atoms with Crippen molar-refractivity contribution in [1.82, 2.24) is 5.32 Å². The minimum Gasteiger partial charge on any atom is -0.481 e. The number of hydrogen-bond acceptors (Lipinski definition) is 2. The molecular formula is C14H23NO2. The molecule has 3 nitrogen and oxygen atoms in total. The normalized spacial score (nSPS) is 36.2. The van der Waals surface area contributed by atoms with E-state index in [0.29, 0.717) is 12.6 Å². The van der Waals surface area contributed by atoms with Crippen LogP contribution in [0.4, 0.5) is 0 Å². The summed E-state index contributed by atoms with van der Waals surface area (Å²) in [6.07, 6.45) is 9.98. The van der Waals surface area contributed by atoms with E-state index in [9.17, 15) is 9.90 Å². The van der Waals surface area contributed by atoms with Crippen LogP contribution < -0.4 is 5.32 Å². The Labute approximate surface area is 103 Å². The molecule has 2 aliphatic carbocycles. The van der Waals surface area contributed by atoms with Crippen LogP contribution in [0.15, 0.2) is 0 Å². The number of carboxylic acids is 1. The van der Waals surface area contributed by atoms with Crippen molar-refractivity contribution in [3.05, 3.63) is 0 Å². The summed E-state index contributed by atoms with van der Waals surface area (Å²) in [6.45, 7) is 0.701. The quantitative estimate of drug-likeness (QED) is 0.792. The number of carbonyl (C=O) groups is 1. The third-order valence-electron chi connectivity index (χ3n) is 5.30. The Morgan fingerprint density at radius 3 is 2.53 bits per heavy atom. The second-order valence-corrected chi connectivity index (χ2v) is 6.32. The second-order valence-electron chi connectivity index (χ2n) is 6.32. The minimum absolute atomic E-state index is 0.0900. The monoisotopic (exact) mass is 237 g/mol. The van der Waals surface area contributed by atoms with Gasteiger partial charge in [0.1, 0.15) is 0 Å². The van der Waals surface area contributed by atoms with Crippen LogP contribution >= 0.6 is 0 Å². The lowest BCUT2D eigenvalue weighted by Crippen LogP contribution is -2.43. The van der Waals surface area contributed by atoms with E-state index in [1.165, 1.54) is 38.5 Å². The third kappa shape index (κ3) is 1.99. The Hall–Kier alpha value is -0.570. The van der Waals surface area contributed by atoms with Crippen LogP contribution in [0.1, 0.15) is 51.4 Å². The van der Waals surface area contributed by atoms with E-state index >= 15 is 0 Å².